The molecule has 1 nitrogen and oxygen atoms in total. The molecule has 1 saturated carbocycles. The lowest BCUT2D eigenvalue weighted by Crippen LogP contribution is -2.42. The molecule has 1 aliphatic rings. The first-order valence-electron chi connectivity index (χ1n) is 4.55. The molecule has 1 fully saturated rings. The summed E-state index contributed by atoms with van der Waals surface area (Å²) in [5, 5.41) is 0. The van der Waals surface area contributed by atoms with E-state index in [2.05, 4.69) is 6.26 Å². The van der Waals surface area contributed by atoms with Crippen LogP contribution in [0.4, 0.5) is 0 Å². The van der Waals surface area contributed by atoms with Crippen LogP contribution >= 0.6 is 11.8 Å². The second-order valence-corrected chi connectivity index (χ2v) is 4.65. The van der Waals surface area contributed by atoms with Crippen LogP contribution < -0.4 is 5.73 Å². The Balaban J connectivity index is 2.25. The smallest absolute Gasteiger partial charge is 0.0162 e. The van der Waals surface area contributed by atoms with E-state index >= 15 is 0 Å². The molecule has 0 bridgehead atoms. The molecule has 0 atom stereocenters. The molecule has 0 saturated heterocycles. The van der Waals surface area contributed by atoms with Crippen LogP contribution in [0.1, 0.15) is 38.5 Å². The summed E-state index contributed by atoms with van der Waals surface area (Å²) in [4.78, 5) is 0. The molecule has 0 heterocycles. The van der Waals surface area contributed by atoms with Gasteiger partial charge in [-0.25, -0.2) is 0 Å². The van der Waals surface area contributed by atoms with Gasteiger partial charge in [0.15, 0.2) is 0 Å². The highest BCUT2D eigenvalue weighted by Gasteiger charge is 2.26. The zero-order chi connectivity index (χ0) is 8.16. The van der Waals surface area contributed by atoms with Gasteiger partial charge in [-0.1, -0.05) is 19.3 Å². The van der Waals surface area contributed by atoms with Crippen molar-refractivity contribution < 1.29 is 0 Å². The average Bonchev–Trinajstić information content (AvgIpc) is 2.03. The summed E-state index contributed by atoms with van der Waals surface area (Å²) in [5.41, 5.74) is 6.44. The third-order valence-electron chi connectivity index (χ3n) is 2.65. The second kappa shape index (κ2) is 4.36. The summed E-state index contributed by atoms with van der Waals surface area (Å²) in [6.07, 6.45) is 10.00. The lowest BCUT2D eigenvalue weighted by molar-refractivity contribution is 0.289. The Labute approximate surface area is 74.1 Å². The van der Waals surface area contributed by atoms with Gasteiger partial charge in [-0.3, -0.25) is 0 Å². The Bertz CT molecular complexity index is 108. The highest BCUT2D eigenvalue weighted by atomic mass is 32.2. The van der Waals surface area contributed by atoms with Gasteiger partial charge in [0.05, 0.1) is 0 Å². The van der Waals surface area contributed by atoms with Crippen molar-refractivity contribution in [1.82, 2.24) is 0 Å². The van der Waals surface area contributed by atoms with Crippen molar-refractivity contribution in [1.29, 1.82) is 0 Å². The Morgan fingerprint density at radius 1 is 1.27 bits per heavy atom. The van der Waals surface area contributed by atoms with Crippen LogP contribution in [0.2, 0.25) is 0 Å². The van der Waals surface area contributed by atoms with Gasteiger partial charge in [-0.15, -0.1) is 0 Å². The molecule has 0 aliphatic heterocycles. The normalized spacial score (nSPS) is 23.5. The van der Waals surface area contributed by atoms with Gasteiger partial charge < -0.3 is 5.73 Å². The van der Waals surface area contributed by atoms with E-state index in [1.807, 2.05) is 11.8 Å². The van der Waals surface area contributed by atoms with E-state index in [4.69, 9.17) is 5.73 Å². The van der Waals surface area contributed by atoms with E-state index in [-0.39, 0.29) is 5.54 Å². The molecule has 1 rings (SSSR count). The fraction of sp³-hybridized carbons (Fsp3) is 1.00. The maximum Gasteiger partial charge on any atom is 0.0162 e. The van der Waals surface area contributed by atoms with E-state index in [0.717, 1.165) is 0 Å². The summed E-state index contributed by atoms with van der Waals surface area (Å²) in [5.74, 6) is 1.23. The fourth-order valence-corrected chi connectivity index (χ4v) is 2.42. The molecule has 0 aromatic heterocycles. The Kier molecular flexibility index (Phi) is 3.73. The van der Waals surface area contributed by atoms with Crippen LogP contribution in [0, 0.1) is 0 Å². The zero-order valence-electron chi connectivity index (χ0n) is 7.44. The van der Waals surface area contributed by atoms with Crippen molar-refractivity contribution in [3.8, 4) is 0 Å². The maximum atomic E-state index is 6.23. The van der Waals surface area contributed by atoms with Crippen molar-refractivity contribution in [3.63, 3.8) is 0 Å². The first-order valence-corrected chi connectivity index (χ1v) is 5.94. The highest BCUT2D eigenvalue weighted by Crippen LogP contribution is 2.29. The molecule has 2 N–H and O–H groups in total. The topological polar surface area (TPSA) is 26.0 Å². The lowest BCUT2D eigenvalue weighted by Gasteiger charge is -2.33. The maximum absolute atomic E-state index is 6.23. The molecular formula is C9H19NS. The van der Waals surface area contributed by atoms with Crippen LogP contribution in [0.5, 0.6) is 0 Å². The van der Waals surface area contributed by atoms with Crippen LogP contribution in [0.15, 0.2) is 0 Å². The summed E-state index contributed by atoms with van der Waals surface area (Å²) in [6, 6.07) is 0. The zero-order valence-corrected chi connectivity index (χ0v) is 8.25. The van der Waals surface area contributed by atoms with Crippen molar-refractivity contribution in [2.24, 2.45) is 5.73 Å². The van der Waals surface area contributed by atoms with Gasteiger partial charge >= 0.3 is 0 Å². The summed E-state index contributed by atoms with van der Waals surface area (Å²) < 4.78 is 0. The molecule has 0 aromatic rings. The van der Waals surface area contributed by atoms with Gasteiger partial charge in [-0.2, -0.15) is 11.8 Å². The van der Waals surface area contributed by atoms with Crippen molar-refractivity contribution in [3.05, 3.63) is 0 Å². The molecule has 0 radical (unpaired) electrons. The largest absolute Gasteiger partial charge is 0.325 e. The standard InChI is InChI=1S/C9H19NS/c1-11-8-7-9(10)5-3-2-4-6-9/h2-8,10H2,1H3. The lowest BCUT2D eigenvalue weighted by atomic mass is 9.81. The summed E-state index contributed by atoms with van der Waals surface area (Å²) in [6.45, 7) is 0. The molecule has 0 spiro atoms. The number of nitrogens with two attached hydrogens (primary N) is 1. The van der Waals surface area contributed by atoms with Gasteiger partial charge in [0, 0.05) is 5.54 Å². The minimum atomic E-state index is 0.210. The SMILES string of the molecule is CSCCC1(N)CCCCC1. The monoisotopic (exact) mass is 173 g/mol. The molecular weight excluding hydrogens is 154 g/mol. The molecule has 0 aromatic carbocycles. The van der Waals surface area contributed by atoms with E-state index < -0.39 is 0 Å². The minimum absolute atomic E-state index is 0.210. The fourth-order valence-electron chi connectivity index (χ4n) is 1.81. The predicted molar refractivity (Wildman–Crippen MR) is 53.0 cm³/mol. The van der Waals surface area contributed by atoms with Crippen LogP contribution in [0.25, 0.3) is 0 Å². The molecule has 11 heavy (non-hydrogen) atoms. The van der Waals surface area contributed by atoms with Crippen LogP contribution in [-0.4, -0.2) is 17.5 Å². The molecule has 1 aliphatic carbocycles. The van der Waals surface area contributed by atoms with Gasteiger partial charge in [0.2, 0.25) is 0 Å². The number of hydrogen-bond donors (Lipinski definition) is 1. The van der Waals surface area contributed by atoms with Crippen LogP contribution in [-0.2, 0) is 0 Å². The molecule has 0 amide bonds. The van der Waals surface area contributed by atoms with Crippen molar-refractivity contribution >= 4 is 11.8 Å². The highest BCUT2D eigenvalue weighted by molar-refractivity contribution is 7.98. The number of hydrogen-bond acceptors (Lipinski definition) is 2. The van der Waals surface area contributed by atoms with Gasteiger partial charge in [-0.05, 0) is 31.3 Å². The Morgan fingerprint density at radius 3 is 2.45 bits per heavy atom. The van der Waals surface area contributed by atoms with Gasteiger partial charge in [0.1, 0.15) is 0 Å². The number of rotatable bonds is 3. The van der Waals surface area contributed by atoms with Gasteiger partial charge in [0.25, 0.3) is 0 Å². The van der Waals surface area contributed by atoms with E-state index in [1.54, 1.807) is 0 Å². The third kappa shape index (κ3) is 3.04. The quantitative estimate of drug-likeness (QED) is 0.709. The molecule has 0 unspecified atom stereocenters. The second-order valence-electron chi connectivity index (χ2n) is 3.67. The predicted octanol–water partition coefficient (Wildman–Crippen LogP) is 2.40. The van der Waals surface area contributed by atoms with Crippen molar-refractivity contribution in [2.45, 2.75) is 44.1 Å². The average molecular weight is 173 g/mol. The first kappa shape index (κ1) is 9.40. The minimum Gasteiger partial charge on any atom is -0.325 e. The molecule has 66 valence electrons. The Morgan fingerprint density at radius 2 is 1.91 bits per heavy atom. The summed E-state index contributed by atoms with van der Waals surface area (Å²) in [7, 11) is 0. The van der Waals surface area contributed by atoms with E-state index in [0.29, 0.717) is 0 Å². The Hall–Kier alpha value is 0.310. The molecule has 2 heteroatoms. The summed E-state index contributed by atoms with van der Waals surface area (Å²) >= 11 is 1.91. The third-order valence-corrected chi connectivity index (χ3v) is 3.27. The van der Waals surface area contributed by atoms with E-state index in [9.17, 15) is 0 Å². The number of thioether (sulfide) groups is 1. The first-order chi connectivity index (χ1) is 5.27. The van der Waals surface area contributed by atoms with Crippen LogP contribution in [0.3, 0.4) is 0 Å². The van der Waals surface area contributed by atoms with E-state index in [1.165, 1.54) is 44.3 Å². The van der Waals surface area contributed by atoms with Crippen molar-refractivity contribution in [2.75, 3.05) is 12.0 Å².